The molecule has 0 aromatic heterocycles. The van der Waals surface area contributed by atoms with Gasteiger partial charge >= 0.3 is 0 Å². The fraction of sp³-hybridized carbons (Fsp3) is 0.0769. The zero-order chi connectivity index (χ0) is 12.4. The number of hydrogen-bond donors (Lipinski definition) is 0. The predicted octanol–water partition coefficient (Wildman–Crippen LogP) is 5.46. The van der Waals surface area contributed by atoms with Crippen LogP contribution in [-0.4, -0.2) is 0 Å². The van der Waals surface area contributed by atoms with Crippen molar-refractivity contribution in [3.63, 3.8) is 0 Å². The SMILES string of the molecule is Fc1ccc([C@H](Cl)c2ccc(Cl)c(Cl)c2)cc1. The summed E-state index contributed by atoms with van der Waals surface area (Å²) in [5, 5.41) is 0.570. The zero-order valence-corrected chi connectivity index (χ0v) is 10.9. The normalized spacial score (nSPS) is 12.5. The van der Waals surface area contributed by atoms with E-state index in [4.69, 9.17) is 34.8 Å². The predicted molar refractivity (Wildman–Crippen MR) is 70.6 cm³/mol. The molecule has 0 fully saturated rings. The maximum absolute atomic E-state index is 12.8. The zero-order valence-electron chi connectivity index (χ0n) is 8.63. The van der Waals surface area contributed by atoms with Gasteiger partial charge in [-0.15, -0.1) is 11.6 Å². The maximum Gasteiger partial charge on any atom is 0.123 e. The Balaban J connectivity index is 2.33. The summed E-state index contributed by atoms with van der Waals surface area (Å²) >= 11 is 18.0. The minimum atomic E-state index is -0.370. The van der Waals surface area contributed by atoms with E-state index in [1.54, 1.807) is 30.3 Å². The van der Waals surface area contributed by atoms with Crippen LogP contribution in [0.25, 0.3) is 0 Å². The maximum atomic E-state index is 12.8. The number of hydrogen-bond acceptors (Lipinski definition) is 0. The monoisotopic (exact) mass is 288 g/mol. The minimum Gasteiger partial charge on any atom is -0.207 e. The third kappa shape index (κ3) is 2.92. The van der Waals surface area contributed by atoms with Crippen LogP contribution in [0.2, 0.25) is 10.0 Å². The Bertz CT molecular complexity index is 523. The first kappa shape index (κ1) is 12.7. The number of rotatable bonds is 2. The van der Waals surface area contributed by atoms with Gasteiger partial charge in [-0.3, -0.25) is 0 Å². The van der Waals surface area contributed by atoms with Crippen molar-refractivity contribution in [1.82, 2.24) is 0 Å². The first-order valence-electron chi connectivity index (χ1n) is 4.92. The third-order valence-corrected chi connectivity index (χ3v) is 3.64. The van der Waals surface area contributed by atoms with Gasteiger partial charge in [0.15, 0.2) is 0 Å². The smallest absolute Gasteiger partial charge is 0.123 e. The van der Waals surface area contributed by atoms with Gasteiger partial charge in [0.25, 0.3) is 0 Å². The molecule has 88 valence electrons. The molecular weight excluding hydrogens is 282 g/mol. The fourth-order valence-corrected chi connectivity index (χ4v) is 2.08. The summed E-state index contributed by atoms with van der Waals surface area (Å²) in [7, 11) is 0. The highest BCUT2D eigenvalue weighted by Gasteiger charge is 2.12. The van der Waals surface area contributed by atoms with Crippen LogP contribution in [0.5, 0.6) is 0 Å². The van der Waals surface area contributed by atoms with E-state index in [0.717, 1.165) is 11.1 Å². The molecular formula is C13H8Cl3F. The molecule has 0 spiro atoms. The Kier molecular flexibility index (Phi) is 3.93. The van der Waals surface area contributed by atoms with Crippen LogP contribution in [0.4, 0.5) is 4.39 Å². The van der Waals surface area contributed by atoms with Gasteiger partial charge in [0, 0.05) is 0 Å². The molecule has 2 rings (SSSR count). The van der Waals surface area contributed by atoms with Crippen LogP contribution in [-0.2, 0) is 0 Å². The quantitative estimate of drug-likeness (QED) is 0.644. The summed E-state index contributed by atoms with van der Waals surface area (Å²) in [6, 6.07) is 11.3. The molecule has 0 saturated carbocycles. The Labute approximate surface area is 114 Å². The van der Waals surface area contributed by atoms with Crippen molar-refractivity contribution in [3.8, 4) is 0 Å². The molecule has 0 bridgehead atoms. The highest BCUT2D eigenvalue weighted by Crippen LogP contribution is 2.32. The van der Waals surface area contributed by atoms with E-state index in [-0.39, 0.29) is 11.2 Å². The lowest BCUT2D eigenvalue weighted by Gasteiger charge is -2.11. The summed E-state index contributed by atoms with van der Waals surface area (Å²) in [6.45, 7) is 0. The first-order valence-corrected chi connectivity index (χ1v) is 6.11. The van der Waals surface area contributed by atoms with E-state index in [2.05, 4.69) is 0 Å². The molecule has 0 nitrogen and oxygen atoms in total. The van der Waals surface area contributed by atoms with Crippen LogP contribution in [0, 0.1) is 5.82 Å². The molecule has 0 saturated heterocycles. The van der Waals surface area contributed by atoms with Crippen molar-refractivity contribution in [3.05, 3.63) is 69.5 Å². The first-order chi connectivity index (χ1) is 8.08. The summed E-state index contributed by atoms with van der Waals surface area (Å²) in [4.78, 5) is 0. The van der Waals surface area contributed by atoms with Gasteiger partial charge in [-0.25, -0.2) is 4.39 Å². The molecule has 0 amide bonds. The van der Waals surface area contributed by atoms with Crippen molar-refractivity contribution >= 4 is 34.8 Å². The topological polar surface area (TPSA) is 0 Å². The number of benzene rings is 2. The average Bonchev–Trinajstić information content (AvgIpc) is 2.33. The Morgan fingerprint density at radius 1 is 0.824 bits per heavy atom. The van der Waals surface area contributed by atoms with Crippen molar-refractivity contribution in [1.29, 1.82) is 0 Å². The summed E-state index contributed by atoms with van der Waals surface area (Å²) < 4.78 is 12.8. The van der Waals surface area contributed by atoms with Crippen LogP contribution in [0.1, 0.15) is 16.5 Å². The lowest BCUT2D eigenvalue weighted by molar-refractivity contribution is 0.627. The van der Waals surface area contributed by atoms with Crippen molar-refractivity contribution in [2.24, 2.45) is 0 Å². The van der Waals surface area contributed by atoms with Gasteiger partial charge in [0.1, 0.15) is 5.82 Å². The van der Waals surface area contributed by atoms with Crippen molar-refractivity contribution < 1.29 is 4.39 Å². The van der Waals surface area contributed by atoms with E-state index in [0.29, 0.717) is 10.0 Å². The van der Waals surface area contributed by atoms with E-state index in [1.165, 1.54) is 12.1 Å². The van der Waals surface area contributed by atoms with Crippen LogP contribution in [0.3, 0.4) is 0 Å². The second-order valence-corrected chi connectivity index (χ2v) is 4.84. The summed E-state index contributed by atoms with van der Waals surface area (Å²) in [6.07, 6.45) is 0. The lowest BCUT2D eigenvalue weighted by Crippen LogP contribution is -1.93. The Morgan fingerprint density at radius 3 is 2.00 bits per heavy atom. The fourth-order valence-electron chi connectivity index (χ4n) is 1.49. The Morgan fingerprint density at radius 2 is 1.41 bits per heavy atom. The molecule has 1 atom stereocenters. The highest BCUT2D eigenvalue weighted by atomic mass is 35.5. The van der Waals surface area contributed by atoms with Gasteiger partial charge in [-0.1, -0.05) is 41.4 Å². The van der Waals surface area contributed by atoms with E-state index in [1.807, 2.05) is 0 Å². The minimum absolute atomic E-state index is 0.285. The standard InChI is InChI=1S/C13H8Cl3F/c14-11-6-3-9(7-12(11)15)13(16)8-1-4-10(17)5-2-8/h1-7,13H/t13-/m0/s1. The molecule has 2 aromatic carbocycles. The molecule has 0 heterocycles. The molecule has 4 heteroatoms. The lowest BCUT2D eigenvalue weighted by atomic mass is 10.0. The van der Waals surface area contributed by atoms with Crippen LogP contribution in [0.15, 0.2) is 42.5 Å². The highest BCUT2D eigenvalue weighted by molar-refractivity contribution is 6.42. The van der Waals surface area contributed by atoms with Gasteiger partial charge < -0.3 is 0 Å². The molecule has 0 aliphatic carbocycles. The molecule has 0 unspecified atom stereocenters. The van der Waals surface area contributed by atoms with Crippen LogP contribution >= 0.6 is 34.8 Å². The number of halogens is 4. The average molecular weight is 290 g/mol. The molecule has 0 aliphatic rings. The van der Waals surface area contributed by atoms with Crippen LogP contribution < -0.4 is 0 Å². The summed E-state index contributed by atoms with van der Waals surface area (Å²) in [5.74, 6) is -0.285. The molecule has 0 N–H and O–H groups in total. The van der Waals surface area contributed by atoms with Gasteiger partial charge in [-0.05, 0) is 35.4 Å². The van der Waals surface area contributed by atoms with Gasteiger partial charge in [0.05, 0.1) is 15.4 Å². The third-order valence-electron chi connectivity index (χ3n) is 2.40. The molecule has 0 radical (unpaired) electrons. The second kappa shape index (κ2) is 5.26. The van der Waals surface area contributed by atoms with Gasteiger partial charge in [0.2, 0.25) is 0 Å². The van der Waals surface area contributed by atoms with E-state index >= 15 is 0 Å². The van der Waals surface area contributed by atoms with Crippen molar-refractivity contribution in [2.45, 2.75) is 5.38 Å². The Hall–Kier alpha value is -0.760. The largest absolute Gasteiger partial charge is 0.207 e. The van der Waals surface area contributed by atoms with E-state index in [9.17, 15) is 4.39 Å². The molecule has 17 heavy (non-hydrogen) atoms. The molecule has 0 aliphatic heterocycles. The number of alkyl halides is 1. The van der Waals surface area contributed by atoms with Crippen molar-refractivity contribution in [2.75, 3.05) is 0 Å². The molecule has 2 aromatic rings. The van der Waals surface area contributed by atoms with E-state index < -0.39 is 0 Å². The van der Waals surface area contributed by atoms with Gasteiger partial charge in [-0.2, -0.15) is 0 Å². The second-order valence-electron chi connectivity index (χ2n) is 3.59. The summed E-state index contributed by atoms with van der Waals surface area (Å²) in [5.41, 5.74) is 1.64.